The van der Waals surface area contributed by atoms with Crippen LogP contribution in [0.1, 0.15) is 46.5 Å². The predicted molar refractivity (Wildman–Crippen MR) is 175 cm³/mol. The summed E-state index contributed by atoms with van der Waals surface area (Å²) in [6, 6.07) is 5.06. The molecule has 3 amide bonds. The molecule has 1 aromatic rings. The minimum absolute atomic E-state index is 0.101. The number of fused-ring (bicyclic) bond motifs is 1. The number of hydrogen-bond acceptors (Lipinski definition) is 7. The zero-order valence-electron chi connectivity index (χ0n) is 26.0. The first kappa shape index (κ1) is 35.1. The third-order valence-electron chi connectivity index (χ3n) is 9.28. The molecule has 3 aliphatic heterocycles. The average Bonchev–Trinajstić information content (AvgIpc) is 3.61. The number of nitrogens with zero attached hydrogens (tertiary/aromatic N) is 2. The van der Waals surface area contributed by atoms with E-state index in [1.165, 1.54) is 9.80 Å². The van der Waals surface area contributed by atoms with Crippen LogP contribution in [0.25, 0.3) is 0 Å². The number of nitrogens with one attached hydrogen (secondary N) is 1. The second kappa shape index (κ2) is 14.8. The van der Waals surface area contributed by atoms with E-state index in [0.29, 0.717) is 30.0 Å². The van der Waals surface area contributed by atoms with Crippen molar-refractivity contribution < 1.29 is 33.8 Å². The molecule has 3 saturated heterocycles. The molecule has 12 heteroatoms. The first-order valence-corrected chi connectivity index (χ1v) is 16.8. The van der Waals surface area contributed by atoms with E-state index in [1.807, 2.05) is 13.8 Å². The molecule has 0 aromatic heterocycles. The molecule has 1 spiro atoms. The Balaban J connectivity index is 1.72. The van der Waals surface area contributed by atoms with Gasteiger partial charge in [0.15, 0.2) is 0 Å². The third-order valence-corrected chi connectivity index (χ3v) is 10.4. The van der Waals surface area contributed by atoms with Crippen LogP contribution in [-0.4, -0.2) is 88.1 Å². The molecule has 1 aromatic carbocycles. The number of rotatable bonds is 15. The fourth-order valence-corrected chi connectivity index (χ4v) is 8.12. The number of amides is 3. The summed E-state index contributed by atoms with van der Waals surface area (Å²) in [5, 5.41) is 13.7. The standard InChI is InChI=1S/C33H43BrClN3O7/c1-6-9-14-25(40)36-17-20(5)44-32(43)26-27-30(41)38(24(18-39)19(4)8-3)29(33(27)16-21(34)28(26)45-33)31(42)37(15-7-2)23-13-11-10-12-22(23)35/h6-7,10-13,19-21,24,26-29,39H,1-2,8-9,14-18H2,3-5H3,(H,36,40)/t19-,20-,21?,24-,26-,27+,28-,29-,33+/m0/s1. The summed E-state index contributed by atoms with van der Waals surface area (Å²) in [6.45, 7) is 12.8. The maximum atomic E-state index is 14.8. The summed E-state index contributed by atoms with van der Waals surface area (Å²) in [7, 11) is 0. The van der Waals surface area contributed by atoms with Gasteiger partial charge >= 0.3 is 5.97 Å². The van der Waals surface area contributed by atoms with Gasteiger partial charge in [-0.3, -0.25) is 19.2 Å². The van der Waals surface area contributed by atoms with Crippen molar-refractivity contribution in [2.45, 2.75) is 81.2 Å². The number of esters is 1. The number of benzene rings is 1. The first-order valence-electron chi connectivity index (χ1n) is 15.5. The number of anilines is 1. The number of alkyl halides is 1. The van der Waals surface area contributed by atoms with Crippen molar-refractivity contribution in [2.24, 2.45) is 17.8 Å². The molecule has 9 atom stereocenters. The third kappa shape index (κ3) is 6.59. The highest BCUT2D eigenvalue weighted by Gasteiger charge is 2.77. The predicted octanol–water partition coefficient (Wildman–Crippen LogP) is 4.03. The zero-order valence-corrected chi connectivity index (χ0v) is 28.3. The van der Waals surface area contributed by atoms with E-state index in [4.69, 9.17) is 21.1 Å². The Morgan fingerprint density at radius 2 is 2.00 bits per heavy atom. The van der Waals surface area contributed by atoms with Crippen LogP contribution in [0.15, 0.2) is 49.6 Å². The van der Waals surface area contributed by atoms with Gasteiger partial charge in [-0.2, -0.15) is 0 Å². The van der Waals surface area contributed by atoms with E-state index in [2.05, 4.69) is 34.4 Å². The highest BCUT2D eigenvalue weighted by molar-refractivity contribution is 9.09. The van der Waals surface area contributed by atoms with Gasteiger partial charge in [-0.25, -0.2) is 0 Å². The van der Waals surface area contributed by atoms with Crippen LogP contribution >= 0.6 is 27.5 Å². The van der Waals surface area contributed by atoms with Gasteiger partial charge in [-0.05, 0) is 37.8 Å². The number of carbonyl (C=O) groups is 4. The zero-order chi connectivity index (χ0) is 33.1. The summed E-state index contributed by atoms with van der Waals surface area (Å²) in [5.41, 5.74) is -0.913. The number of halogens is 2. The normalized spacial score (nSPS) is 28.6. The lowest BCUT2D eigenvalue weighted by Gasteiger charge is -2.41. The number of aliphatic hydroxyl groups is 1. The number of carbonyl (C=O) groups excluding carboxylic acids is 4. The summed E-state index contributed by atoms with van der Waals surface area (Å²) in [5.74, 6) is -3.87. The molecular formula is C33H43BrClN3O7. The van der Waals surface area contributed by atoms with Crippen molar-refractivity contribution in [3.8, 4) is 0 Å². The second-order valence-corrected chi connectivity index (χ2v) is 13.7. The maximum absolute atomic E-state index is 14.8. The lowest BCUT2D eigenvalue weighted by atomic mass is 9.70. The molecule has 3 fully saturated rings. The summed E-state index contributed by atoms with van der Waals surface area (Å²) < 4.78 is 12.4. The Morgan fingerprint density at radius 3 is 2.62 bits per heavy atom. The van der Waals surface area contributed by atoms with E-state index in [1.54, 1.807) is 43.3 Å². The van der Waals surface area contributed by atoms with Crippen molar-refractivity contribution in [1.82, 2.24) is 10.2 Å². The van der Waals surface area contributed by atoms with Crippen molar-refractivity contribution in [3.05, 3.63) is 54.6 Å². The molecule has 1 unspecified atom stereocenters. The highest BCUT2D eigenvalue weighted by Crippen LogP contribution is 2.61. The Bertz CT molecular complexity index is 1310. The Hall–Kier alpha value is -2.73. The minimum atomic E-state index is -1.36. The second-order valence-electron chi connectivity index (χ2n) is 12.1. The van der Waals surface area contributed by atoms with Gasteiger partial charge in [-0.1, -0.05) is 72.1 Å². The van der Waals surface area contributed by atoms with Crippen LogP contribution in [0.2, 0.25) is 5.02 Å². The Kier molecular flexibility index (Phi) is 11.5. The molecule has 10 nitrogen and oxygen atoms in total. The first-order chi connectivity index (χ1) is 21.5. The number of hydrogen-bond donors (Lipinski definition) is 2. The van der Waals surface area contributed by atoms with Gasteiger partial charge < -0.3 is 29.7 Å². The molecule has 4 rings (SSSR count). The summed E-state index contributed by atoms with van der Waals surface area (Å²) in [4.78, 5) is 57.8. The van der Waals surface area contributed by atoms with E-state index in [0.717, 1.165) is 0 Å². The van der Waals surface area contributed by atoms with Gasteiger partial charge in [0.25, 0.3) is 5.91 Å². The fourth-order valence-electron chi connectivity index (χ4n) is 6.94. The van der Waals surface area contributed by atoms with Crippen molar-refractivity contribution in [1.29, 1.82) is 0 Å². The van der Waals surface area contributed by atoms with Gasteiger partial charge in [0, 0.05) is 17.8 Å². The van der Waals surface area contributed by atoms with Crippen LogP contribution < -0.4 is 10.2 Å². The molecule has 2 bridgehead atoms. The largest absolute Gasteiger partial charge is 0.460 e. The molecule has 3 heterocycles. The molecule has 246 valence electrons. The molecule has 0 aliphatic carbocycles. The van der Waals surface area contributed by atoms with Gasteiger partial charge in [-0.15, -0.1) is 13.2 Å². The fraction of sp³-hybridized carbons (Fsp3) is 0.576. The van der Waals surface area contributed by atoms with Gasteiger partial charge in [0.2, 0.25) is 11.8 Å². The molecule has 45 heavy (non-hydrogen) atoms. The lowest BCUT2D eigenvalue weighted by molar-refractivity contribution is -0.160. The highest BCUT2D eigenvalue weighted by atomic mass is 79.9. The van der Waals surface area contributed by atoms with E-state index in [-0.39, 0.29) is 42.8 Å². The van der Waals surface area contributed by atoms with Crippen LogP contribution in [0.3, 0.4) is 0 Å². The van der Waals surface area contributed by atoms with Crippen LogP contribution in [0, 0.1) is 17.8 Å². The molecular weight excluding hydrogens is 666 g/mol. The van der Waals surface area contributed by atoms with Crippen molar-refractivity contribution >= 4 is 56.9 Å². The Morgan fingerprint density at radius 1 is 1.29 bits per heavy atom. The Labute approximate surface area is 278 Å². The van der Waals surface area contributed by atoms with Crippen LogP contribution in [-0.2, 0) is 28.7 Å². The number of ether oxygens (including phenoxy) is 2. The van der Waals surface area contributed by atoms with E-state index in [9.17, 15) is 24.3 Å². The van der Waals surface area contributed by atoms with E-state index >= 15 is 0 Å². The maximum Gasteiger partial charge on any atom is 0.312 e. The number of para-hydroxylation sites is 1. The number of likely N-dealkylation sites (tertiary alicyclic amines) is 1. The average molecular weight is 709 g/mol. The monoisotopic (exact) mass is 707 g/mol. The minimum Gasteiger partial charge on any atom is -0.460 e. The quantitative estimate of drug-likeness (QED) is 0.160. The smallest absolute Gasteiger partial charge is 0.312 e. The number of aliphatic hydroxyl groups excluding tert-OH is 1. The summed E-state index contributed by atoms with van der Waals surface area (Å²) >= 11 is 10.2. The molecule has 0 radical (unpaired) electrons. The molecule has 2 N–H and O–H groups in total. The molecule has 0 saturated carbocycles. The van der Waals surface area contributed by atoms with Crippen LogP contribution in [0.4, 0.5) is 5.69 Å². The molecule has 3 aliphatic rings. The van der Waals surface area contributed by atoms with Gasteiger partial charge in [0.1, 0.15) is 17.7 Å². The topological polar surface area (TPSA) is 125 Å². The van der Waals surface area contributed by atoms with E-state index < -0.39 is 59.5 Å². The lowest BCUT2D eigenvalue weighted by Crippen LogP contribution is -2.60. The number of allylic oxidation sites excluding steroid dienone is 1. The van der Waals surface area contributed by atoms with Crippen molar-refractivity contribution in [2.75, 3.05) is 24.6 Å². The SMILES string of the molecule is C=CCCC(=O)NC[C@H](C)OC(=O)[C@@H]1[C@H]2O[C@@]3(CC2Br)[C@H](C(=O)N(CC=C)c2ccccc2Cl)N([C@@H](CO)[C@@H](C)CC)C(=O)[C@@H]13. The van der Waals surface area contributed by atoms with Gasteiger partial charge in [0.05, 0.1) is 47.8 Å². The van der Waals surface area contributed by atoms with Crippen LogP contribution in [0.5, 0.6) is 0 Å². The summed E-state index contributed by atoms with van der Waals surface area (Å²) in [6.07, 6.45) is 3.57. The van der Waals surface area contributed by atoms with Crippen molar-refractivity contribution in [3.63, 3.8) is 0 Å².